The van der Waals surface area contributed by atoms with Gasteiger partial charge in [-0.05, 0) is 37.5 Å². The number of fused-ring (bicyclic) bond motifs is 1. The van der Waals surface area contributed by atoms with Crippen molar-refractivity contribution in [2.24, 2.45) is 0 Å². The van der Waals surface area contributed by atoms with Gasteiger partial charge in [-0.1, -0.05) is 30.7 Å². The van der Waals surface area contributed by atoms with Crippen molar-refractivity contribution in [2.45, 2.75) is 33.7 Å². The summed E-state index contributed by atoms with van der Waals surface area (Å²) in [7, 11) is 0. The first-order chi connectivity index (χ1) is 10.1. The van der Waals surface area contributed by atoms with Gasteiger partial charge in [0.1, 0.15) is 5.82 Å². The third-order valence-corrected chi connectivity index (χ3v) is 3.91. The lowest BCUT2D eigenvalue weighted by Crippen LogP contribution is -2.01. The molecule has 0 aliphatic carbocycles. The fraction of sp³-hybridized carbons (Fsp3) is 0.294. The molecule has 0 spiro atoms. The number of aryl methyl sites for hydroxylation is 3. The van der Waals surface area contributed by atoms with Gasteiger partial charge >= 0.3 is 0 Å². The van der Waals surface area contributed by atoms with Crippen molar-refractivity contribution < 1.29 is 0 Å². The number of hydrogen-bond donors (Lipinski definition) is 0. The number of rotatable bonds is 3. The summed E-state index contributed by atoms with van der Waals surface area (Å²) in [4.78, 5) is 9.06. The van der Waals surface area contributed by atoms with Crippen molar-refractivity contribution in [3.63, 3.8) is 0 Å². The molecule has 3 rings (SSSR count). The lowest BCUT2D eigenvalue weighted by Gasteiger charge is -2.09. The maximum Gasteiger partial charge on any atom is 0.142 e. The molecular formula is C17H18ClN3. The fourth-order valence-electron chi connectivity index (χ4n) is 2.73. The van der Waals surface area contributed by atoms with Gasteiger partial charge in [0, 0.05) is 24.5 Å². The molecule has 3 aromatic rings. The van der Waals surface area contributed by atoms with E-state index in [0.717, 1.165) is 29.9 Å². The van der Waals surface area contributed by atoms with Crippen LogP contribution in [0.25, 0.3) is 22.4 Å². The Morgan fingerprint density at radius 2 is 1.90 bits per heavy atom. The van der Waals surface area contributed by atoms with E-state index in [-0.39, 0.29) is 0 Å². The van der Waals surface area contributed by atoms with Crippen LogP contribution in [0.3, 0.4) is 0 Å². The topological polar surface area (TPSA) is 30.7 Å². The predicted molar refractivity (Wildman–Crippen MR) is 87.7 cm³/mol. The fourth-order valence-corrected chi connectivity index (χ4v) is 2.91. The van der Waals surface area contributed by atoms with Crippen LogP contribution < -0.4 is 0 Å². The summed E-state index contributed by atoms with van der Waals surface area (Å²) in [6.45, 7) is 7.35. The van der Waals surface area contributed by atoms with E-state index in [9.17, 15) is 0 Å². The van der Waals surface area contributed by atoms with Crippen LogP contribution >= 0.6 is 11.6 Å². The lowest BCUT2D eigenvalue weighted by molar-refractivity contribution is 0.703. The van der Waals surface area contributed by atoms with Crippen LogP contribution in [0, 0.1) is 13.8 Å². The summed E-state index contributed by atoms with van der Waals surface area (Å²) in [6.07, 6.45) is 4.53. The van der Waals surface area contributed by atoms with E-state index >= 15 is 0 Å². The number of hydrogen-bond acceptors (Lipinski definition) is 2. The zero-order valence-corrected chi connectivity index (χ0v) is 13.3. The Bertz CT molecular complexity index is 805. The van der Waals surface area contributed by atoms with Crippen LogP contribution in [0.2, 0.25) is 5.02 Å². The molecule has 0 atom stereocenters. The van der Waals surface area contributed by atoms with Gasteiger partial charge in [0.05, 0.1) is 16.1 Å². The third kappa shape index (κ3) is 2.42. The lowest BCUT2D eigenvalue weighted by atomic mass is 10.1. The molecule has 0 aliphatic rings. The van der Waals surface area contributed by atoms with E-state index < -0.39 is 0 Å². The van der Waals surface area contributed by atoms with E-state index in [1.54, 1.807) is 6.20 Å². The Balaban J connectivity index is 2.34. The molecule has 0 aliphatic heterocycles. The second-order valence-electron chi connectivity index (χ2n) is 5.38. The van der Waals surface area contributed by atoms with Crippen LogP contribution in [0.4, 0.5) is 0 Å². The van der Waals surface area contributed by atoms with E-state index in [1.807, 2.05) is 12.3 Å². The minimum absolute atomic E-state index is 0.635. The Labute approximate surface area is 129 Å². The normalized spacial score (nSPS) is 11.2. The van der Waals surface area contributed by atoms with Crippen molar-refractivity contribution in [1.82, 2.24) is 14.5 Å². The van der Waals surface area contributed by atoms with Crippen LogP contribution in [0.1, 0.15) is 24.5 Å². The summed E-state index contributed by atoms with van der Waals surface area (Å²) in [6, 6.07) is 6.21. The molecule has 21 heavy (non-hydrogen) atoms. The molecule has 0 unspecified atom stereocenters. The number of imidazole rings is 1. The first-order valence-electron chi connectivity index (χ1n) is 7.19. The molecule has 0 bridgehead atoms. The van der Waals surface area contributed by atoms with Crippen molar-refractivity contribution in [3.05, 3.63) is 46.7 Å². The number of halogens is 1. The van der Waals surface area contributed by atoms with E-state index in [0.29, 0.717) is 5.02 Å². The summed E-state index contributed by atoms with van der Waals surface area (Å²) in [5.41, 5.74) is 5.69. The molecule has 0 amide bonds. The average Bonchev–Trinajstić information content (AvgIpc) is 2.84. The molecule has 1 aromatic carbocycles. The Morgan fingerprint density at radius 3 is 2.62 bits per heavy atom. The maximum atomic E-state index is 6.09. The SMILES string of the molecule is CCCn1c(-c2cncc(Cl)c2)nc2c(C)ccc(C)c21. The number of nitrogens with zero attached hydrogens (tertiary/aromatic N) is 3. The molecule has 0 saturated heterocycles. The highest BCUT2D eigenvalue weighted by Crippen LogP contribution is 2.29. The minimum atomic E-state index is 0.635. The minimum Gasteiger partial charge on any atom is -0.324 e. The first-order valence-corrected chi connectivity index (χ1v) is 7.57. The highest BCUT2D eigenvalue weighted by molar-refractivity contribution is 6.30. The summed E-state index contributed by atoms with van der Waals surface area (Å²) < 4.78 is 2.28. The van der Waals surface area contributed by atoms with Gasteiger partial charge in [-0.2, -0.15) is 0 Å². The zero-order valence-electron chi connectivity index (χ0n) is 12.5. The molecule has 108 valence electrons. The van der Waals surface area contributed by atoms with Gasteiger partial charge in [-0.15, -0.1) is 0 Å². The molecule has 4 heteroatoms. The first kappa shape index (κ1) is 14.1. The van der Waals surface area contributed by atoms with Crippen molar-refractivity contribution >= 4 is 22.6 Å². The number of pyridine rings is 1. The van der Waals surface area contributed by atoms with Crippen LogP contribution in [0.5, 0.6) is 0 Å². The molecule has 0 N–H and O–H groups in total. The quantitative estimate of drug-likeness (QED) is 0.697. The van der Waals surface area contributed by atoms with Gasteiger partial charge < -0.3 is 4.57 Å². The summed E-state index contributed by atoms with van der Waals surface area (Å²) in [5.74, 6) is 0.944. The Hall–Kier alpha value is -1.87. The van der Waals surface area contributed by atoms with Gasteiger partial charge in [0.15, 0.2) is 0 Å². The molecule has 2 heterocycles. The van der Waals surface area contributed by atoms with E-state index in [4.69, 9.17) is 16.6 Å². The molecule has 2 aromatic heterocycles. The van der Waals surface area contributed by atoms with Crippen molar-refractivity contribution in [3.8, 4) is 11.4 Å². The van der Waals surface area contributed by atoms with E-state index in [1.165, 1.54) is 16.6 Å². The van der Waals surface area contributed by atoms with Gasteiger partial charge in [0.25, 0.3) is 0 Å². The highest BCUT2D eigenvalue weighted by Gasteiger charge is 2.15. The predicted octanol–water partition coefficient (Wildman–Crippen LogP) is 4.78. The number of benzene rings is 1. The second-order valence-corrected chi connectivity index (χ2v) is 5.81. The Kier molecular flexibility index (Phi) is 3.68. The molecule has 0 fully saturated rings. The highest BCUT2D eigenvalue weighted by atomic mass is 35.5. The van der Waals surface area contributed by atoms with Crippen LogP contribution in [-0.4, -0.2) is 14.5 Å². The monoisotopic (exact) mass is 299 g/mol. The maximum absolute atomic E-state index is 6.09. The average molecular weight is 300 g/mol. The molecular weight excluding hydrogens is 282 g/mol. The molecule has 0 saturated carbocycles. The summed E-state index contributed by atoms with van der Waals surface area (Å²) in [5, 5.41) is 0.635. The number of aromatic nitrogens is 3. The zero-order chi connectivity index (χ0) is 15.0. The van der Waals surface area contributed by atoms with Gasteiger partial charge in [0.2, 0.25) is 0 Å². The van der Waals surface area contributed by atoms with Gasteiger partial charge in [-0.25, -0.2) is 4.98 Å². The molecule has 3 nitrogen and oxygen atoms in total. The van der Waals surface area contributed by atoms with Crippen LogP contribution in [-0.2, 0) is 6.54 Å². The molecule has 0 radical (unpaired) electrons. The largest absolute Gasteiger partial charge is 0.324 e. The van der Waals surface area contributed by atoms with Crippen LogP contribution in [0.15, 0.2) is 30.6 Å². The second kappa shape index (κ2) is 5.49. The van der Waals surface area contributed by atoms with Gasteiger partial charge in [-0.3, -0.25) is 4.98 Å². The standard InChI is InChI=1S/C17H18ClN3/c1-4-7-21-16-12(3)6-5-11(2)15(16)20-17(21)13-8-14(18)10-19-9-13/h5-6,8-10H,4,7H2,1-3H3. The smallest absolute Gasteiger partial charge is 0.142 e. The summed E-state index contributed by atoms with van der Waals surface area (Å²) >= 11 is 6.09. The van der Waals surface area contributed by atoms with E-state index in [2.05, 4.69) is 42.5 Å². The van der Waals surface area contributed by atoms with Crippen molar-refractivity contribution in [1.29, 1.82) is 0 Å². The third-order valence-electron chi connectivity index (χ3n) is 3.71. The van der Waals surface area contributed by atoms with Crippen molar-refractivity contribution in [2.75, 3.05) is 0 Å². The Morgan fingerprint density at radius 1 is 1.14 bits per heavy atom.